The first-order valence-corrected chi connectivity index (χ1v) is 14.3. The van der Waals surface area contributed by atoms with Gasteiger partial charge in [0.2, 0.25) is 0 Å². The molecule has 13 nitrogen and oxygen atoms in total. The van der Waals surface area contributed by atoms with Gasteiger partial charge in [-0.3, -0.25) is 14.5 Å². The van der Waals surface area contributed by atoms with Crippen LogP contribution in [0.2, 0.25) is 0 Å². The van der Waals surface area contributed by atoms with Gasteiger partial charge in [0.15, 0.2) is 10.8 Å². The molecule has 0 saturated carbocycles. The number of thioether (sulfide) groups is 2. The second-order valence-electron chi connectivity index (χ2n) is 8.05. The molecule has 1 saturated heterocycles. The van der Waals surface area contributed by atoms with Gasteiger partial charge >= 0.3 is 5.97 Å². The molecule has 0 unspecified atom stereocenters. The molecular weight excluding hydrogens is 585 g/mol. The first-order chi connectivity index (χ1) is 19.4. The van der Waals surface area contributed by atoms with E-state index in [-0.39, 0.29) is 28.0 Å². The number of hydrogen-bond acceptors (Lipinski definition) is 12. The van der Waals surface area contributed by atoms with Crippen LogP contribution in [-0.2, 0) is 24.3 Å². The number of aliphatic carboxylic acids is 1. The number of carbonyl (C=O) groups excluding carboxylic acids is 2. The Balaban J connectivity index is 1.34. The van der Waals surface area contributed by atoms with Crippen molar-refractivity contribution in [2.45, 2.75) is 16.4 Å². The summed E-state index contributed by atoms with van der Waals surface area (Å²) >= 11 is 3.55. The fourth-order valence-corrected chi connectivity index (χ4v) is 6.95. The number of thiazole rings is 1. The minimum atomic E-state index is -1.27. The monoisotopic (exact) mass is 605 g/mol. The number of nitrogens with two attached hydrogens (primary N) is 1. The third-order valence-corrected chi connectivity index (χ3v) is 8.82. The van der Waals surface area contributed by atoms with Gasteiger partial charge in [0.1, 0.15) is 41.1 Å². The van der Waals surface area contributed by atoms with Gasteiger partial charge < -0.3 is 16.2 Å². The van der Waals surface area contributed by atoms with Crippen LogP contribution in [0.4, 0.5) is 9.52 Å². The Morgan fingerprint density at radius 3 is 2.80 bits per heavy atom. The maximum atomic E-state index is 13.1. The molecule has 0 bridgehead atoms. The van der Waals surface area contributed by atoms with Crippen molar-refractivity contribution in [1.29, 1.82) is 0 Å². The number of benzene rings is 1. The van der Waals surface area contributed by atoms with Crippen molar-refractivity contribution >= 4 is 63.5 Å². The molecule has 0 spiro atoms. The molecule has 1 fully saturated rings. The number of rotatable bonds is 11. The third kappa shape index (κ3) is 5.53. The Labute approximate surface area is 238 Å². The molecule has 4 N–H and O–H groups in total. The summed E-state index contributed by atoms with van der Waals surface area (Å²) in [5, 5.41) is 22.1. The van der Waals surface area contributed by atoms with Gasteiger partial charge in [0.05, 0.1) is 11.9 Å². The number of nitrogen functional groups attached to an aromatic ring is 1. The summed E-state index contributed by atoms with van der Waals surface area (Å²) in [7, 11) is 0. The Morgan fingerprint density at radius 1 is 1.30 bits per heavy atom. The average molecular weight is 606 g/mol. The highest BCUT2D eigenvalue weighted by Gasteiger charge is 2.54. The summed E-state index contributed by atoms with van der Waals surface area (Å²) in [6.45, 7) is -1.25. The number of oxime groups is 1. The number of nitrogens with one attached hydrogen (secondary N) is 1. The van der Waals surface area contributed by atoms with E-state index >= 15 is 0 Å². The standard InChI is InChI=1S/C23H20FN7O6S3/c24-7-9-36-37-29-16(13-10-39-23(25)27-13)19(32)28-17-20(33)30-18(22(34)35)14(11-38-21(17)30)40-15-6-8-26-31(15)12-4-2-1-3-5-12/h1-6,8,10,17,21H,7,9,11H2,(H2,25,27)(H,28,32)(H,34,35)/t17-,21+/m1/s1. The number of carbonyl (C=O) groups is 3. The van der Waals surface area contributed by atoms with E-state index in [0.29, 0.717) is 9.93 Å². The predicted molar refractivity (Wildman–Crippen MR) is 145 cm³/mol. The summed E-state index contributed by atoms with van der Waals surface area (Å²) in [5.41, 5.74) is 6.01. The van der Waals surface area contributed by atoms with Gasteiger partial charge in [0.25, 0.3) is 11.8 Å². The number of fused-ring (bicyclic) bond motifs is 1. The van der Waals surface area contributed by atoms with E-state index in [0.717, 1.165) is 21.9 Å². The molecule has 0 radical (unpaired) electrons. The maximum absolute atomic E-state index is 13.1. The molecule has 3 aromatic rings. The molecule has 0 aliphatic carbocycles. The normalized spacial score (nSPS) is 18.8. The van der Waals surface area contributed by atoms with Gasteiger partial charge in [-0.15, -0.1) is 23.1 Å². The summed E-state index contributed by atoms with van der Waals surface area (Å²) in [6, 6.07) is 10.1. The second-order valence-corrected chi connectivity index (χ2v) is 11.2. The molecule has 17 heteroatoms. The van der Waals surface area contributed by atoms with Crippen molar-refractivity contribution in [2.24, 2.45) is 5.16 Å². The fourth-order valence-electron chi connectivity index (χ4n) is 3.87. The zero-order chi connectivity index (χ0) is 28.2. The number of para-hydroxylation sites is 1. The number of carboxylic acid groups (broad SMARTS) is 1. The molecule has 40 heavy (non-hydrogen) atoms. The van der Waals surface area contributed by atoms with Crippen LogP contribution in [0.5, 0.6) is 0 Å². The topological polar surface area (TPSA) is 174 Å². The van der Waals surface area contributed by atoms with E-state index < -0.39 is 42.5 Å². The molecule has 2 amide bonds. The van der Waals surface area contributed by atoms with E-state index in [1.807, 2.05) is 30.3 Å². The predicted octanol–water partition coefficient (Wildman–Crippen LogP) is 2.02. The second kappa shape index (κ2) is 12.1. The van der Waals surface area contributed by atoms with Crippen molar-refractivity contribution in [1.82, 2.24) is 25.0 Å². The fraction of sp³-hybridized carbons (Fsp3) is 0.217. The smallest absolute Gasteiger partial charge is 0.353 e. The lowest BCUT2D eigenvalue weighted by atomic mass is 10.0. The Kier molecular flexibility index (Phi) is 8.34. The first kappa shape index (κ1) is 27.6. The summed E-state index contributed by atoms with van der Waals surface area (Å²) in [6.07, 6.45) is 1.61. The molecule has 208 valence electrons. The summed E-state index contributed by atoms with van der Waals surface area (Å²) in [5.74, 6) is -2.43. The van der Waals surface area contributed by atoms with Gasteiger partial charge in [-0.25, -0.2) is 23.8 Å². The number of halogens is 1. The minimum Gasteiger partial charge on any atom is -0.477 e. The minimum absolute atomic E-state index is 0.0589. The first-order valence-electron chi connectivity index (χ1n) is 11.5. The Morgan fingerprint density at radius 2 is 2.10 bits per heavy atom. The van der Waals surface area contributed by atoms with Crippen molar-refractivity contribution in [3.63, 3.8) is 0 Å². The highest BCUT2D eigenvalue weighted by atomic mass is 32.2. The van der Waals surface area contributed by atoms with Crippen molar-refractivity contribution in [3.05, 3.63) is 64.3 Å². The summed E-state index contributed by atoms with van der Waals surface area (Å²) in [4.78, 5) is 53.2. The SMILES string of the molecule is Nc1nc(C(=NOOCCF)C(=O)N[C@@H]2C(=O)N3C(C(=O)O)=C(Sc4ccnn4-c4ccccc4)CS[C@@H]23)cs1. The average Bonchev–Trinajstić information content (AvgIpc) is 3.60. The number of aromatic nitrogens is 3. The highest BCUT2D eigenvalue weighted by molar-refractivity contribution is 8.06. The van der Waals surface area contributed by atoms with E-state index in [1.54, 1.807) is 16.9 Å². The van der Waals surface area contributed by atoms with Gasteiger partial charge in [-0.2, -0.15) is 9.99 Å². The van der Waals surface area contributed by atoms with Crippen LogP contribution in [0.15, 0.2) is 68.8 Å². The van der Waals surface area contributed by atoms with Crippen LogP contribution in [0.1, 0.15) is 5.69 Å². The lowest BCUT2D eigenvalue weighted by molar-refractivity contribution is -0.296. The van der Waals surface area contributed by atoms with Crippen LogP contribution < -0.4 is 11.1 Å². The highest BCUT2D eigenvalue weighted by Crippen LogP contribution is 2.45. The quantitative estimate of drug-likeness (QED) is 0.0959. The van der Waals surface area contributed by atoms with E-state index in [2.05, 4.69) is 30.4 Å². The molecular formula is C23H20FN7O6S3. The van der Waals surface area contributed by atoms with Gasteiger partial charge in [-0.05, 0) is 23.4 Å². The largest absolute Gasteiger partial charge is 0.477 e. The van der Waals surface area contributed by atoms with Crippen molar-refractivity contribution < 1.29 is 33.8 Å². The van der Waals surface area contributed by atoms with Gasteiger partial charge in [-0.1, -0.05) is 30.0 Å². The number of alkyl halides is 1. The van der Waals surface area contributed by atoms with E-state index in [4.69, 9.17) is 5.73 Å². The Hall–Kier alpha value is -3.93. The summed E-state index contributed by atoms with van der Waals surface area (Å²) < 4.78 is 14.0. The molecule has 5 rings (SSSR count). The van der Waals surface area contributed by atoms with Gasteiger partial charge in [0, 0.05) is 16.0 Å². The number of β-lactam (4-membered cyclic amide) rings is 1. The lowest BCUT2D eigenvalue weighted by Crippen LogP contribution is -2.71. The molecule has 2 aliphatic rings. The van der Waals surface area contributed by atoms with Crippen LogP contribution in [0.25, 0.3) is 5.69 Å². The molecule has 2 aliphatic heterocycles. The lowest BCUT2D eigenvalue weighted by Gasteiger charge is -2.49. The zero-order valence-electron chi connectivity index (χ0n) is 20.3. The van der Waals surface area contributed by atoms with Crippen molar-refractivity contribution in [2.75, 3.05) is 24.8 Å². The van der Waals surface area contributed by atoms with Crippen LogP contribution in [0, 0.1) is 0 Å². The van der Waals surface area contributed by atoms with E-state index in [1.165, 1.54) is 28.9 Å². The Bertz CT molecular complexity index is 1490. The van der Waals surface area contributed by atoms with Crippen LogP contribution in [-0.4, -0.2) is 78.7 Å². The zero-order valence-corrected chi connectivity index (χ0v) is 22.7. The van der Waals surface area contributed by atoms with E-state index in [9.17, 15) is 23.9 Å². The number of nitrogens with zero attached hydrogens (tertiary/aromatic N) is 5. The van der Waals surface area contributed by atoms with Crippen molar-refractivity contribution in [3.8, 4) is 5.69 Å². The number of anilines is 1. The molecule has 2 aromatic heterocycles. The van der Waals surface area contributed by atoms with Crippen LogP contribution in [0.3, 0.4) is 0 Å². The number of carboxylic acids is 1. The molecule has 1 aromatic carbocycles. The van der Waals surface area contributed by atoms with Crippen LogP contribution >= 0.6 is 34.9 Å². The molecule has 4 heterocycles. The third-order valence-electron chi connectivity index (χ3n) is 5.58. The number of hydrogen-bond donors (Lipinski definition) is 3. The maximum Gasteiger partial charge on any atom is 0.353 e. The molecule has 2 atom stereocenters. The number of amides is 2.